The van der Waals surface area contributed by atoms with Crippen molar-refractivity contribution in [1.29, 1.82) is 0 Å². The van der Waals surface area contributed by atoms with E-state index >= 15 is 0 Å². The molecule has 3 N–H and O–H groups in total. The minimum absolute atomic E-state index is 0.0461. The third-order valence-electron chi connectivity index (χ3n) is 2.59. The van der Waals surface area contributed by atoms with E-state index in [1.807, 2.05) is 13.8 Å². The highest BCUT2D eigenvalue weighted by atomic mass is 16.2. The fourth-order valence-corrected chi connectivity index (χ4v) is 1.59. The Balaban J connectivity index is 2.39. The van der Waals surface area contributed by atoms with Gasteiger partial charge in [0.05, 0.1) is 0 Å². The molecule has 0 aromatic carbocycles. The second-order valence-corrected chi connectivity index (χ2v) is 4.32. The van der Waals surface area contributed by atoms with E-state index in [0.29, 0.717) is 24.5 Å². The van der Waals surface area contributed by atoms with E-state index < -0.39 is 0 Å². The summed E-state index contributed by atoms with van der Waals surface area (Å²) in [7, 11) is 0. The summed E-state index contributed by atoms with van der Waals surface area (Å²) >= 11 is 0. The molecule has 0 aliphatic heterocycles. The maximum atomic E-state index is 11.9. The lowest BCUT2D eigenvalue weighted by Gasteiger charge is -2.07. The first kappa shape index (κ1) is 15.9. The average molecular weight is 278 g/mol. The van der Waals surface area contributed by atoms with Crippen molar-refractivity contribution in [2.24, 2.45) is 0 Å². The van der Waals surface area contributed by atoms with Crippen LogP contribution >= 0.6 is 0 Å². The maximum Gasteiger partial charge on any atom is 0.251 e. The van der Waals surface area contributed by atoms with Crippen molar-refractivity contribution in [1.82, 2.24) is 15.6 Å². The zero-order valence-electron chi connectivity index (χ0n) is 12.0. The normalized spacial score (nSPS) is 9.90. The predicted molar refractivity (Wildman–Crippen MR) is 78.7 cm³/mol. The van der Waals surface area contributed by atoms with Crippen LogP contribution in [0.25, 0.3) is 0 Å². The third kappa shape index (κ3) is 5.69. The maximum absolute atomic E-state index is 11.9. The molecule has 6 nitrogen and oxygen atoms in total. The molecule has 0 saturated heterocycles. The Bertz CT molecular complexity index is 449. The predicted octanol–water partition coefficient (Wildman–Crippen LogP) is 1.16. The van der Waals surface area contributed by atoms with Gasteiger partial charge >= 0.3 is 0 Å². The number of hydrogen-bond donors (Lipinski definition) is 3. The largest absolute Gasteiger partial charge is 0.370 e. The van der Waals surface area contributed by atoms with E-state index in [9.17, 15) is 9.59 Å². The monoisotopic (exact) mass is 278 g/mol. The summed E-state index contributed by atoms with van der Waals surface area (Å²) in [6.45, 7) is 5.70. The first-order valence-electron chi connectivity index (χ1n) is 6.92. The van der Waals surface area contributed by atoms with Crippen molar-refractivity contribution in [3.05, 3.63) is 23.9 Å². The lowest BCUT2D eigenvalue weighted by Crippen LogP contribution is -2.31. The summed E-state index contributed by atoms with van der Waals surface area (Å²) in [5.74, 6) is 0.422. The number of aromatic nitrogens is 1. The lowest BCUT2D eigenvalue weighted by atomic mass is 10.2. The number of carbonyl (C=O) groups excluding carboxylic acids is 2. The van der Waals surface area contributed by atoms with Crippen LogP contribution in [0.3, 0.4) is 0 Å². The number of rotatable bonds is 8. The molecular weight excluding hydrogens is 256 g/mol. The highest BCUT2D eigenvalue weighted by molar-refractivity contribution is 5.95. The fourth-order valence-electron chi connectivity index (χ4n) is 1.59. The molecule has 6 heteroatoms. The van der Waals surface area contributed by atoms with Gasteiger partial charge < -0.3 is 16.0 Å². The Hall–Kier alpha value is -2.11. The van der Waals surface area contributed by atoms with Gasteiger partial charge in [-0.2, -0.15) is 0 Å². The van der Waals surface area contributed by atoms with Crippen molar-refractivity contribution < 1.29 is 9.59 Å². The molecule has 2 amide bonds. The SMILES string of the molecule is CCCNC(=O)CCNC(=O)c1ccnc(NCC)c1. The van der Waals surface area contributed by atoms with E-state index in [-0.39, 0.29) is 18.2 Å². The van der Waals surface area contributed by atoms with Gasteiger partial charge in [0.25, 0.3) is 5.91 Å². The van der Waals surface area contributed by atoms with Gasteiger partial charge in [-0.1, -0.05) is 6.92 Å². The van der Waals surface area contributed by atoms with Crippen LogP contribution < -0.4 is 16.0 Å². The van der Waals surface area contributed by atoms with Gasteiger partial charge in [0.15, 0.2) is 0 Å². The minimum Gasteiger partial charge on any atom is -0.370 e. The Kier molecular flexibility index (Phi) is 7.10. The van der Waals surface area contributed by atoms with Crippen molar-refractivity contribution in [2.45, 2.75) is 26.7 Å². The standard InChI is InChI=1S/C14H22N4O2/c1-3-7-17-13(19)6-9-18-14(20)11-5-8-16-12(10-11)15-4-2/h5,8,10H,3-4,6-7,9H2,1-2H3,(H,15,16)(H,17,19)(H,18,20). The molecule has 20 heavy (non-hydrogen) atoms. The molecule has 0 bridgehead atoms. The molecular formula is C14H22N4O2. The first-order chi connectivity index (χ1) is 9.67. The number of amides is 2. The van der Waals surface area contributed by atoms with Crippen LogP contribution in [0.15, 0.2) is 18.3 Å². The molecule has 0 saturated carbocycles. The molecule has 0 unspecified atom stereocenters. The van der Waals surface area contributed by atoms with Gasteiger partial charge in [0.2, 0.25) is 5.91 Å². The van der Waals surface area contributed by atoms with Crippen LogP contribution in [-0.2, 0) is 4.79 Å². The molecule has 1 heterocycles. The quantitative estimate of drug-likeness (QED) is 0.666. The Morgan fingerprint density at radius 2 is 2.00 bits per heavy atom. The molecule has 0 atom stereocenters. The van der Waals surface area contributed by atoms with Gasteiger partial charge in [-0.25, -0.2) is 4.98 Å². The van der Waals surface area contributed by atoms with Crippen LogP contribution in [0.4, 0.5) is 5.82 Å². The lowest BCUT2D eigenvalue weighted by molar-refractivity contribution is -0.120. The number of pyridine rings is 1. The van der Waals surface area contributed by atoms with Crippen LogP contribution in [0.1, 0.15) is 37.0 Å². The second kappa shape index (κ2) is 8.90. The molecule has 1 aromatic rings. The van der Waals surface area contributed by atoms with Crippen LogP contribution in [0.5, 0.6) is 0 Å². The second-order valence-electron chi connectivity index (χ2n) is 4.32. The van der Waals surface area contributed by atoms with Gasteiger partial charge in [-0.3, -0.25) is 9.59 Å². The molecule has 1 aromatic heterocycles. The number of carbonyl (C=O) groups is 2. The van der Waals surface area contributed by atoms with Crippen LogP contribution in [0, 0.1) is 0 Å². The van der Waals surface area contributed by atoms with Gasteiger partial charge in [0.1, 0.15) is 5.82 Å². The van der Waals surface area contributed by atoms with Crippen molar-refractivity contribution in [3.8, 4) is 0 Å². The minimum atomic E-state index is -0.199. The Morgan fingerprint density at radius 3 is 2.70 bits per heavy atom. The van der Waals surface area contributed by atoms with Crippen molar-refractivity contribution in [2.75, 3.05) is 25.0 Å². The third-order valence-corrected chi connectivity index (χ3v) is 2.59. The molecule has 0 radical (unpaired) electrons. The number of nitrogens with zero attached hydrogens (tertiary/aromatic N) is 1. The molecule has 0 spiro atoms. The van der Waals surface area contributed by atoms with Gasteiger partial charge in [-0.15, -0.1) is 0 Å². The smallest absolute Gasteiger partial charge is 0.251 e. The molecule has 0 fully saturated rings. The van der Waals surface area contributed by atoms with Gasteiger partial charge in [0, 0.05) is 37.8 Å². The van der Waals surface area contributed by atoms with E-state index in [1.54, 1.807) is 18.3 Å². The molecule has 110 valence electrons. The van der Waals surface area contributed by atoms with E-state index in [1.165, 1.54) is 0 Å². The highest BCUT2D eigenvalue weighted by Gasteiger charge is 2.07. The number of anilines is 1. The highest BCUT2D eigenvalue weighted by Crippen LogP contribution is 2.06. The van der Waals surface area contributed by atoms with E-state index in [4.69, 9.17) is 0 Å². The Labute approximate surface area is 119 Å². The average Bonchev–Trinajstić information content (AvgIpc) is 2.45. The Morgan fingerprint density at radius 1 is 1.20 bits per heavy atom. The first-order valence-corrected chi connectivity index (χ1v) is 6.92. The molecule has 0 aliphatic carbocycles. The zero-order chi connectivity index (χ0) is 14.8. The van der Waals surface area contributed by atoms with Crippen molar-refractivity contribution in [3.63, 3.8) is 0 Å². The summed E-state index contributed by atoms with van der Waals surface area (Å²) < 4.78 is 0. The van der Waals surface area contributed by atoms with Crippen molar-refractivity contribution >= 4 is 17.6 Å². The summed E-state index contributed by atoms with van der Waals surface area (Å²) in [5, 5.41) is 8.53. The number of nitrogens with one attached hydrogen (secondary N) is 3. The molecule has 0 aliphatic rings. The number of hydrogen-bond acceptors (Lipinski definition) is 4. The van der Waals surface area contributed by atoms with E-state index in [0.717, 1.165) is 13.0 Å². The summed E-state index contributed by atoms with van der Waals surface area (Å²) in [6, 6.07) is 3.34. The van der Waals surface area contributed by atoms with Crippen LogP contribution in [-0.4, -0.2) is 36.4 Å². The van der Waals surface area contributed by atoms with Gasteiger partial charge in [-0.05, 0) is 25.5 Å². The summed E-state index contributed by atoms with van der Waals surface area (Å²) in [5.41, 5.74) is 0.532. The summed E-state index contributed by atoms with van der Waals surface area (Å²) in [6.07, 6.45) is 2.78. The van der Waals surface area contributed by atoms with E-state index in [2.05, 4.69) is 20.9 Å². The van der Waals surface area contributed by atoms with Crippen LogP contribution in [0.2, 0.25) is 0 Å². The molecule has 1 rings (SSSR count). The summed E-state index contributed by atoms with van der Waals surface area (Å²) in [4.78, 5) is 27.4. The topological polar surface area (TPSA) is 83.1 Å². The zero-order valence-corrected chi connectivity index (χ0v) is 12.0. The fraction of sp³-hybridized carbons (Fsp3) is 0.500.